The molecule has 0 heterocycles. The molecule has 0 bridgehead atoms. The van der Waals surface area contributed by atoms with Gasteiger partial charge in [0.05, 0.1) is 24.4 Å². The first-order valence-corrected chi connectivity index (χ1v) is 6.35. The minimum atomic E-state index is -0.728. The number of hydrogen-bond acceptors (Lipinski definition) is 4. The van der Waals surface area contributed by atoms with Crippen molar-refractivity contribution in [3.63, 3.8) is 0 Å². The molecule has 0 saturated heterocycles. The number of rotatable bonds is 5. The zero-order chi connectivity index (χ0) is 15.3. The molecule has 20 heavy (non-hydrogen) atoms. The van der Waals surface area contributed by atoms with Crippen LogP contribution in [0.5, 0.6) is 0 Å². The molecule has 0 unspecified atom stereocenters. The molecule has 1 aromatic rings. The standard InChI is InChI=1S/C14H19FN2O3/c1-4-8(2)12(16)13(18)17-11-7-9(15)5-6-10(11)14(19)20-3/h5-8,12H,4,16H2,1-3H3,(H,17,18)/t8-,12-/m0/s1. The van der Waals surface area contributed by atoms with E-state index in [2.05, 4.69) is 10.1 Å². The van der Waals surface area contributed by atoms with Crippen molar-refractivity contribution in [1.29, 1.82) is 0 Å². The monoisotopic (exact) mass is 282 g/mol. The first-order chi connectivity index (χ1) is 9.40. The van der Waals surface area contributed by atoms with Crippen LogP contribution in [0.25, 0.3) is 0 Å². The van der Waals surface area contributed by atoms with Gasteiger partial charge in [-0.15, -0.1) is 0 Å². The maximum atomic E-state index is 13.3. The summed E-state index contributed by atoms with van der Waals surface area (Å²) < 4.78 is 17.8. The minimum absolute atomic E-state index is 0.0230. The van der Waals surface area contributed by atoms with Gasteiger partial charge in [-0.1, -0.05) is 20.3 Å². The molecule has 0 spiro atoms. The predicted octanol–water partition coefficient (Wildman–Crippen LogP) is 1.92. The molecule has 1 aromatic carbocycles. The highest BCUT2D eigenvalue weighted by molar-refractivity contribution is 6.02. The molecule has 0 saturated carbocycles. The summed E-state index contributed by atoms with van der Waals surface area (Å²) in [4.78, 5) is 23.5. The lowest BCUT2D eigenvalue weighted by atomic mass is 9.99. The van der Waals surface area contributed by atoms with Crippen LogP contribution in [0.15, 0.2) is 18.2 Å². The summed E-state index contributed by atoms with van der Waals surface area (Å²) in [5.41, 5.74) is 5.93. The summed E-state index contributed by atoms with van der Waals surface area (Å²) in [5.74, 6) is -1.71. The number of anilines is 1. The second kappa shape index (κ2) is 7.00. The van der Waals surface area contributed by atoms with Gasteiger partial charge in [0.1, 0.15) is 5.82 Å². The van der Waals surface area contributed by atoms with Gasteiger partial charge in [0.25, 0.3) is 0 Å². The molecule has 0 fully saturated rings. The number of ether oxygens (including phenoxy) is 1. The molecule has 110 valence electrons. The number of benzene rings is 1. The fraction of sp³-hybridized carbons (Fsp3) is 0.429. The quantitative estimate of drug-likeness (QED) is 0.808. The van der Waals surface area contributed by atoms with Gasteiger partial charge in [0, 0.05) is 0 Å². The van der Waals surface area contributed by atoms with Crippen LogP contribution < -0.4 is 11.1 Å². The molecular weight excluding hydrogens is 263 g/mol. The van der Waals surface area contributed by atoms with Crippen molar-refractivity contribution in [2.45, 2.75) is 26.3 Å². The van der Waals surface area contributed by atoms with Crippen LogP contribution in [0.1, 0.15) is 30.6 Å². The first kappa shape index (κ1) is 16.1. The van der Waals surface area contributed by atoms with Crippen molar-refractivity contribution < 1.29 is 18.7 Å². The number of halogens is 1. The van der Waals surface area contributed by atoms with Crippen LogP contribution in [-0.2, 0) is 9.53 Å². The van der Waals surface area contributed by atoms with Crippen LogP contribution in [0, 0.1) is 11.7 Å². The van der Waals surface area contributed by atoms with E-state index in [1.165, 1.54) is 13.2 Å². The van der Waals surface area contributed by atoms with E-state index in [4.69, 9.17) is 5.73 Å². The van der Waals surface area contributed by atoms with Crippen molar-refractivity contribution in [2.75, 3.05) is 12.4 Å². The number of nitrogens with one attached hydrogen (secondary N) is 1. The maximum Gasteiger partial charge on any atom is 0.339 e. The van der Waals surface area contributed by atoms with E-state index in [1.807, 2.05) is 13.8 Å². The van der Waals surface area contributed by atoms with Crippen molar-refractivity contribution in [1.82, 2.24) is 0 Å². The highest BCUT2D eigenvalue weighted by Crippen LogP contribution is 2.19. The average Bonchev–Trinajstić information content (AvgIpc) is 2.44. The number of carbonyl (C=O) groups is 2. The Morgan fingerprint density at radius 3 is 2.65 bits per heavy atom. The van der Waals surface area contributed by atoms with E-state index in [0.29, 0.717) is 0 Å². The van der Waals surface area contributed by atoms with Crippen LogP contribution in [0.2, 0.25) is 0 Å². The van der Waals surface area contributed by atoms with E-state index in [0.717, 1.165) is 18.6 Å². The molecule has 0 aliphatic rings. The summed E-state index contributed by atoms with van der Waals surface area (Å²) in [6, 6.07) is 2.71. The fourth-order valence-corrected chi connectivity index (χ4v) is 1.64. The number of amides is 1. The third-order valence-electron chi connectivity index (χ3n) is 3.20. The van der Waals surface area contributed by atoms with Gasteiger partial charge in [-0.05, 0) is 24.1 Å². The summed E-state index contributed by atoms with van der Waals surface area (Å²) >= 11 is 0. The topological polar surface area (TPSA) is 81.4 Å². The van der Waals surface area contributed by atoms with Crippen molar-refractivity contribution in [3.8, 4) is 0 Å². The second-order valence-corrected chi connectivity index (χ2v) is 4.58. The van der Waals surface area contributed by atoms with E-state index in [-0.39, 0.29) is 17.2 Å². The summed E-state index contributed by atoms with van der Waals surface area (Å²) in [7, 11) is 1.21. The van der Waals surface area contributed by atoms with Gasteiger partial charge in [0.2, 0.25) is 5.91 Å². The Labute approximate surface area is 117 Å². The Hall–Kier alpha value is -1.95. The fourth-order valence-electron chi connectivity index (χ4n) is 1.64. The number of carbonyl (C=O) groups excluding carboxylic acids is 2. The van der Waals surface area contributed by atoms with Crippen LogP contribution >= 0.6 is 0 Å². The highest BCUT2D eigenvalue weighted by atomic mass is 19.1. The van der Waals surface area contributed by atoms with Gasteiger partial charge in [-0.2, -0.15) is 0 Å². The lowest BCUT2D eigenvalue weighted by Gasteiger charge is -2.18. The largest absolute Gasteiger partial charge is 0.465 e. The Morgan fingerprint density at radius 1 is 1.45 bits per heavy atom. The Balaban J connectivity index is 2.99. The average molecular weight is 282 g/mol. The van der Waals surface area contributed by atoms with Gasteiger partial charge in [-0.3, -0.25) is 4.79 Å². The van der Waals surface area contributed by atoms with Gasteiger partial charge in [0.15, 0.2) is 0 Å². The van der Waals surface area contributed by atoms with Crippen molar-refractivity contribution >= 4 is 17.6 Å². The summed E-state index contributed by atoms with van der Waals surface area (Å²) in [5, 5.41) is 2.48. The van der Waals surface area contributed by atoms with Gasteiger partial charge in [-0.25, -0.2) is 9.18 Å². The zero-order valence-electron chi connectivity index (χ0n) is 11.8. The van der Waals surface area contributed by atoms with Gasteiger partial charge < -0.3 is 15.8 Å². The molecule has 0 radical (unpaired) electrons. The molecule has 6 heteroatoms. The number of nitrogens with two attached hydrogens (primary N) is 1. The molecular formula is C14H19FN2O3. The third-order valence-corrected chi connectivity index (χ3v) is 3.20. The molecule has 3 N–H and O–H groups in total. The zero-order valence-corrected chi connectivity index (χ0v) is 11.8. The smallest absolute Gasteiger partial charge is 0.339 e. The maximum absolute atomic E-state index is 13.3. The first-order valence-electron chi connectivity index (χ1n) is 6.35. The summed E-state index contributed by atoms with van der Waals surface area (Å²) in [6.45, 7) is 3.76. The van der Waals surface area contributed by atoms with E-state index in [9.17, 15) is 14.0 Å². The van der Waals surface area contributed by atoms with Crippen LogP contribution in [-0.4, -0.2) is 25.0 Å². The van der Waals surface area contributed by atoms with Gasteiger partial charge >= 0.3 is 5.97 Å². The minimum Gasteiger partial charge on any atom is -0.465 e. The molecule has 0 aliphatic heterocycles. The molecule has 5 nitrogen and oxygen atoms in total. The van der Waals surface area contributed by atoms with E-state index in [1.54, 1.807) is 0 Å². The molecule has 2 atom stereocenters. The molecule has 1 amide bonds. The third kappa shape index (κ3) is 3.77. The Morgan fingerprint density at radius 2 is 2.10 bits per heavy atom. The van der Waals surface area contributed by atoms with Crippen LogP contribution in [0.3, 0.4) is 0 Å². The number of methoxy groups -OCH3 is 1. The van der Waals surface area contributed by atoms with E-state index < -0.39 is 23.7 Å². The lowest BCUT2D eigenvalue weighted by molar-refractivity contribution is -0.118. The summed E-state index contributed by atoms with van der Waals surface area (Å²) in [6.07, 6.45) is 0.738. The van der Waals surface area contributed by atoms with Crippen LogP contribution in [0.4, 0.5) is 10.1 Å². The van der Waals surface area contributed by atoms with Crippen molar-refractivity contribution in [2.24, 2.45) is 11.7 Å². The number of hydrogen-bond donors (Lipinski definition) is 2. The lowest BCUT2D eigenvalue weighted by Crippen LogP contribution is -2.40. The van der Waals surface area contributed by atoms with Crippen molar-refractivity contribution in [3.05, 3.63) is 29.6 Å². The predicted molar refractivity (Wildman–Crippen MR) is 73.8 cm³/mol. The molecule has 0 aromatic heterocycles. The molecule has 0 aliphatic carbocycles. The Bertz CT molecular complexity index is 505. The second-order valence-electron chi connectivity index (χ2n) is 4.58. The normalized spacial score (nSPS) is 13.4. The molecule has 1 rings (SSSR count). The Kier molecular flexibility index (Phi) is 5.64. The SMILES string of the molecule is CC[C@H](C)[C@H](N)C(=O)Nc1cc(F)ccc1C(=O)OC. The number of esters is 1. The van der Waals surface area contributed by atoms with E-state index >= 15 is 0 Å². The highest BCUT2D eigenvalue weighted by Gasteiger charge is 2.22.